The summed E-state index contributed by atoms with van der Waals surface area (Å²) >= 11 is 0. The summed E-state index contributed by atoms with van der Waals surface area (Å²) in [6.45, 7) is 1.96. The lowest BCUT2D eigenvalue weighted by molar-refractivity contribution is 0.488. The largest absolute Gasteiger partial charge is 0.420 e. The number of oxazole rings is 1. The molecule has 8 nitrogen and oxygen atoms in total. The van der Waals surface area contributed by atoms with E-state index < -0.39 is 38.5 Å². The molecule has 0 saturated heterocycles. The van der Waals surface area contributed by atoms with Gasteiger partial charge in [0.05, 0.1) is 11.6 Å². The quantitative estimate of drug-likeness (QED) is 0.427. The van der Waals surface area contributed by atoms with Crippen molar-refractivity contribution in [1.29, 1.82) is 0 Å². The van der Waals surface area contributed by atoms with E-state index in [0.717, 1.165) is 29.3 Å². The summed E-state index contributed by atoms with van der Waals surface area (Å²) in [5.74, 6) is -3.13. The SMILES string of the molecule is CC(c1ccccc1CN)n1c(=O)oc2cc(S(=O)(=O)Nc3cccc(F)n3)c(F)cc21. The lowest BCUT2D eigenvalue weighted by Gasteiger charge is -2.17. The Morgan fingerprint density at radius 3 is 2.62 bits per heavy atom. The zero-order valence-electron chi connectivity index (χ0n) is 16.7. The van der Waals surface area contributed by atoms with Gasteiger partial charge in [-0.1, -0.05) is 30.3 Å². The summed E-state index contributed by atoms with van der Waals surface area (Å²) in [4.78, 5) is 15.2. The van der Waals surface area contributed by atoms with Crippen molar-refractivity contribution in [2.45, 2.75) is 24.4 Å². The van der Waals surface area contributed by atoms with Gasteiger partial charge < -0.3 is 10.2 Å². The fourth-order valence-electron chi connectivity index (χ4n) is 3.53. The molecule has 2 aromatic heterocycles. The van der Waals surface area contributed by atoms with Gasteiger partial charge in [-0.2, -0.15) is 4.39 Å². The molecule has 4 aromatic rings. The predicted octanol–water partition coefficient (Wildman–Crippen LogP) is 3.14. The third kappa shape index (κ3) is 3.87. The number of benzene rings is 2. The number of nitrogens with two attached hydrogens (primary N) is 1. The molecule has 11 heteroatoms. The number of pyridine rings is 1. The number of fused-ring (bicyclic) bond motifs is 1. The van der Waals surface area contributed by atoms with Crippen LogP contribution in [0.2, 0.25) is 0 Å². The van der Waals surface area contributed by atoms with Gasteiger partial charge in [0.25, 0.3) is 10.0 Å². The number of nitrogens with zero attached hydrogens (tertiary/aromatic N) is 2. The molecule has 1 unspecified atom stereocenters. The minimum atomic E-state index is -4.48. The van der Waals surface area contributed by atoms with Crippen LogP contribution in [0.5, 0.6) is 0 Å². The summed E-state index contributed by atoms with van der Waals surface area (Å²) < 4.78 is 61.9. The first-order chi connectivity index (χ1) is 15.2. The highest BCUT2D eigenvalue weighted by atomic mass is 32.2. The Morgan fingerprint density at radius 2 is 1.91 bits per heavy atom. The minimum absolute atomic E-state index is 0.0784. The highest BCUT2D eigenvalue weighted by molar-refractivity contribution is 7.92. The van der Waals surface area contributed by atoms with E-state index in [4.69, 9.17) is 10.2 Å². The highest BCUT2D eigenvalue weighted by Crippen LogP contribution is 2.28. The van der Waals surface area contributed by atoms with Crippen LogP contribution in [0.4, 0.5) is 14.6 Å². The molecule has 0 aliphatic heterocycles. The average molecular weight is 460 g/mol. The zero-order valence-corrected chi connectivity index (χ0v) is 17.6. The van der Waals surface area contributed by atoms with Crippen molar-refractivity contribution in [3.05, 3.63) is 88.0 Å². The fourth-order valence-corrected chi connectivity index (χ4v) is 4.61. The van der Waals surface area contributed by atoms with Gasteiger partial charge in [0.2, 0.25) is 5.95 Å². The maximum absolute atomic E-state index is 14.9. The standard InChI is InChI=1S/C21H18F2N4O4S/c1-12(14-6-3-2-5-13(14)11-24)27-16-9-15(22)18(10-17(16)31-21(27)28)32(29,30)26-20-8-4-7-19(23)25-20/h2-10,12H,11,24H2,1H3,(H,25,26). The molecule has 0 fully saturated rings. The van der Waals surface area contributed by atoms with Crippen molar-refractivity contribution in [2.24, 2.45) is 5.73 Å². The first kappa shape index (κ1) is 21.7. The predicted molar refractivity (Wildman–Crippen MR) is 114 cm³/mol. The normalized spacial score (nSPS) is 12.8. The number of sulfonamides is 1. The lowest BCUT2D eigenvalue weighted by atomic mass is 10.0. The first-order valence-corrected chi connectivity index (χ1v) is 11.0. The Kier molecular flexibility index (Phi) is 5.53. The van der Waals surface area contributed by atoms with Gasteiger partial charge >= 0.3 is 5.76 Å². The maximum atomic E-state index is 14.9. The molecule has 3 N–H and O–H groups in total. The second-order valence-corrected chi connectivity index (χ2v) is 8.67. The van der Waals surface area contributed by atoms with Gasteiger partial charge in [0, 0.05) is 18.7 Å². The molecule has 0 radical (unpaired) electrons. The Hall–Kier alpha value is -3.57. The Labute approximate surface area is 181 Å². The number of hydrogen-bond donors (Lipinski definition) is 2. The monoisotopic (exact) mass is 460 g/mol. The Bertz CT molecular complexity index is 1480. The number of rotatable bonds is 6. The van der Waals surface area contributed by atoms with Gasteiger partial charge in [-0.05, 0) is 30.2 Å². The van der Waals surface area contributed by atoms with Crippen LogP contribution in [-0.2, 0) is 16.6 Å². The number of hydrogen-bond acceptors (Lipinski definition) is 6. The van der Waals surface area contributed by atoms with Gasteiger partial charge in [0.1, 0.15) is 16.5 Å². The molecule has 2 heterocycles. The minimum Gasteiger partial charge on any atom is -0.408 e. The summed E-state index contributed by atoms with van der Waals surface area (Å²) in [5.41, 5.74) is 7.28. The van der Waals surface area contributed by atoms with E-state index in [-0.39, 0.29) is 23.5 Å². The average Bonchev–Trinajstić information content (AvgIpc) is 3.06. The van der Waals surface area contributed by atoms with E-state index in [9.17, 15) is 22.0 Å². The number of nitrogens with one attached hydrogen (secondary N) is 1. The van der Waals surface area contributed by atoms with E-state index in [1.807, 2.05) is 16.9 Å². The van der Waals surface area contributed by atoms with Crippen LogP contribution in [0.25, 0.3) is 11.1 Å². The van der Waals surface area contributed by atoms with Crippen LogP contribution in [0.15, 0.2) is 68.7 Å². The van der Waals surface area contributed by atoms with Crippen LogP contribution >= 0.6 is 0 Å². The summed E-state index contributed by atoms with van der Waals surface area (Å²) in [7, 11) is -4.48. The summed E-state index contributed by atoms with van der Waals surface area (Å²) in [6, 6.07) is 12.0. The summed E-state index contributed by atoms with van der Waals surface area (Å²) in [5, 5.41) is 0. The molecule has 4 rings (SSSR count). The molecule has 1 atom stereocenters. The second kappa shape index (κ2) is 8.17. The molecular weight excluding hydrogens is 442 g/mol. The summed E-state index contributed by atoms with van der Waals surface area (Å²) in [6.07, 6.45) is 0. The van der Waals surface area contributed by atoms with E-state index >= 15 is 0 Å². The van der Waals surface area contributed by atoms with Crippen LogP contribution < -0.4 is 16.2 Å². The van der Waals surface area contributed by atoms with Crippen molar-refractivity contribution in [2.75, 3.05) is 4.72 Å². The number of halogens is 2. The van der Waals surface area contributed by atoms with E-state index in [0.29, 0.717) is 0 Å². The van der Waals surface area contributed by atoms with Gasteiger partial charge in [-0.3, -0.25) is 9.29 Å². The molecular formula is C21H18F2N4O4S. The molecule has 0 amide bonds. The number of anilines is 1. The number of aromatic nitrogens is 2. The van der Waals surface area contributed by atoms with E-state index in [1.54, 1.807) is 19.1 Å². The van der Waals surface area contributed by atoms with Crippen molar-refractivity contribution in [1.82, 2.24) is 9.55 Å². The van der Waals surface area contributed by atoms with Gasteiger partial charge in [-0.15, -0.1) is 0 Å². The van der Waals surface area contributed by atoms with Crippen molar-refractivity contribution < 1.29 is 21.6 Å². The van der Waals surface area contributed by atoms with Gasteiger partial charge in [0.15, 0.2) is 5.58 Å². The van der Waals surface area contributed by atoms with Crippen molar-refractivity contribution >= 4 is 26.9 Å². The van der Waals surface area contributed by atoms with Crippen molar-refractivity contribution in [3.63, 3.8) is 0 Å². The third-order valence-corrected chi connectivity index (χ3v) is 6.39. The van der Waals surface area contributed by atoms with E-state index in [2.05, 4.69) is 4.98 Å². The van der Waals surface area contributed by atoms with Crippen LogP contribution in [0.1, 0.15) is 24.1 Å². The Balaban J connectivity index is 1.80. The first-order valence-electron chi connectivity index (χ1n) is 9.49. The topological polar surface area (TPSA) is 120 Å². The van der Waals surface area contributed by atoms with Gasteiger partial charge in [-0.25, -0.2) is 22.6 Å². The zero-order chi connectivity index (χ0) is 23.0. The van der Waals surface area contributed by atoms with Crippen LogP contribution in [0.3, 0.4) is 0 Å². The second-order valence-electron chi connectivity index (χ2n) is 7.02. The molecule has 0 aliphatic carbocycles. The van der Waals surface area contributed by atoms with Crippen LogP contribution in [-0.4, -0.2) is 18.0 Å². The fraction of sp³-hybridized carbons (Fsp3) is 0.143. The molecule has 32 heavy (non-hydrogen) atoms. The lowest BCUT2D eigenvalue weighted by Crippen LogP contribution is -2.21. The third-order valence-electron chi connectivity index (χ3n) is 5.02. The molecule has 2 aromatic carbocycles. The highest BCUT2D eigenvalue weighted by Gasteiger charge is 2.25. The van der Waals surface area contributed by atoms with E-state index in [1.165, 1.54) is 16.7 Å². The maximum Gasteiger partial charge on any atom is 0.420 e. The van der Waals surface area contributed by atoms with Crippen LogP contribution in [0, 0.1) is 11.8 Å². The molecule has 0 saturated carbocycles. The Morgan fingerprint density at radius 1 is 1.16 bits per heavy atom. The van der Waals surface area contributed by atoms with Crippen molar-refractivity contribution in [3.8, 4) is 0 Å². The molecule has 0 bridgehead atoms. The molecule has 166 valence electrons. The smallest absolute Gasteiger partial charge is 0.408 e. The molecule has 0 spiro atoms. The molecule has 0 aliphatic rings.